The van der Waals surface area contributed by atoms with Crippen molar-refractivity contribution in [3.8, 4) is 11.4 Å². The molecular formula is C21H15ClF4N4O3. The topological polar surface area (TPSA) is 104 Å². The monoisotopic (exact) mass is 482 g/mol. The molecule has 7 nitrogen and oxygen atoms in total. The molecular weight excluding hydrogens is 468 g/mol. The fourth-order valence-corrected chi connectivity index (χ4v) is 2.85. The molecule has 2 aromatic carbocycles. The molecule has 4 rings (SSSR count). The van der Waals surface area contributed by atoms with Crippen LogP contribution < -0.4 is 0 Å². The number of phenolic OH excluding ortho intramolecular Hbond substituents is 1. The van der Waals surface area contributed by atoms with Gasteiger partial charge in [0.05, 0.1) is 33.8 Å². The number of carboxylic acids is 1. The molecule has 33 heavy (non-hydrogen) atoms. The number of aromatic hydroxyl groups is 1. The Morgan fingerprint density at radius 1 is 1.21 bits per heavy atom. The summed E-state index contributed by atoms with van der Waals surface area (Å²) in [6.45, 7) is 1.89. The maximum Gasteiger partial charge on any atom is 0.490 e. The highest BCUT2D eigenvalue weighted by Crippen LogP contribution is 2.25. The van der Waals surface area contributed by atoms with Gasteiger partial charge in [0, 0.05) is 12.3 Å². The smallest absolute Gasteiger partial charge is 0.490 e. The first-order valence-corrected chi connectivity index (χ1v) is 9.49. The van der Waals surface area contributed by atoms with Gasteiger partial charge in [-0.15, -0.1) is 0 Å². The van der Waals surface area contributed by atoms with E-state index in [0.29, 0.717) is 22.5 Å². The fourth-order valence-electron chi connectivity index (χ4n) is 2.69. The number of fused-ring (bicyclic) bond motifs is 1. The molecule has 2 heterocycles. The maximum atomic E-state index is 13.5. The van der Waals surface area contributed by atoms with E-state index >= 15 is 0 Å². The number of alkyl halides is 3. The summed E-state index contributed by atoms with van der Waals surface area (Å²) in [4.78, 5) is 20.4. The Kier molecular flexibility index (Phi) is 6.73. The van der Waals surface area contributed by atoms with Crippen LogP contribution in [0.15, 0.2) is 42.9 Å². The molecule has 12 heteroatoms. The summed E-state index contributed by atoms with van der Waals surface area (Å²) in [6.07, 6.45) is 1.96. The molecule has 172 valence electrons. The lowest BCUT2D eigenvalue weighted by Crippen LogP contribution is -2.21. The van der Waals surface area contributed by atoms with Gasteiger partial charge in [0.25, 0.3) is 0 Å². The highest BCUT2D eigenvalue weighted by Gasteiger charge is 2.38. The number of aromatic nitrogens is 4. The van der Waals surface area contributed by atoms with Crippen molar-refractivity contribution < 1.29 is 32.6 Å². The zero-order valence-corrected chi connectivity index (χ0v) is 17.5. The minimum atomic E-state index is -5.08. The zero-order chi connectivity index (χ0) is 24.3. The van der Waals surface area contributed by atoms with Gasteiger partial charge in [0.2, 0.25) is 0 Å². The summed E-state index contributed by atoms with van der Waals surface area (Å²) in [5.74, 6) is -2.54. The van der Waals surface area contributed by atoms with Crippen LogP contribution in [0.3, 0.4) is 0 Å². The molecule has 0 amide bonds. The van der Waals surface area contributed by atoms with E-state index in [1.807, 2.05) is 25.3 Å². The molecule has 0 unspecified atom stereocenters. The predicted molar refractivity (Wildman–Crippen MR) is 114 cm³/mol. The maximum absolute atomic E-state index is 13.5. The number of imidazole rings is 2. The summed E-state index contributed by atoms with van der Waals surface area (Å²) in [7, 11) is 0. The highest BCUT2D eigenvalue weighted by atomic mass is 35.5. The lowest BCUT2D eigenvalue weighted by molar-refractivity contribution is -0.192. The number of nitrogens with one attached hydrogen (secondary N) is 1. The van der Waals surface area contributed by atoms with Gasteiger partial charge in [-0.2, -0.15) is 13.2 Å². The molecule has 3 N–H and O–H groups in total. The lowest BCUT2D eigenvalue weighted by atomic mass is 10.1. The number of hydrogen-bond acceptors (Lipinski definition) is 4. The summed E-state index contributed by atoms with van der Waals surface area (Å²) in [5.41, 5.74) is 3.48. The Morgan fingerprint density at radius 2 is 1.91 bits per heavy atom. The van der Waals surface area contributed by atoms with Crippen LogP contribution in [0.4, 0.5) is 17.6 Å². The number of H-pyrrole nitrogens is 1. The second kappa shape index (κ2) is 9.33. The van der Waals surface area contributed by atoms with Gasteiger partial charge in [0.1, 0.15) is 17.4 Å². The van der Waals surface area contributed by atoms with Crippen LogP contribution in [0.5, 0.6) is 5.75 Å². The van der Waals surface area contributed by atoms with Gasteiger partial charge >= 0.3 is 12.1 Å². The van der Waals surface area contributed by atoms with E-state index in [9.17, 15) is 22.7 Å². The average molecular weight is 483 g/mol. The standard InChI is InChI=1S/C19H14ClFN4O.C2HF3O2/c1-11-9-25(10-22-11)17-4-2-12(6-18(17)26)3-5-19-23-15-7-13(20)14(21)8-16(15)24-19;3-2(4,5)1(6)7/h2-10,26H,1H3,(H,23,24);(H,6,7)/b5-3+;. The van der Waals surface area contributed by atoms with E-state index in [1.54, 1.807) is 29.1 Å². The van der Waals surface area contributed by atoms with Gasteiger partial charge < -0.3 is 19.8 Å². The number of carboxylic acid groups (broad SMARTS) is 1. The minimum Gasteiger partial charge on any atom is -0.506 e. The number of carbonyl (C=O) groups is 1. The fraction of sp³-hybridized carbons (Fsp3) is 0.0952. The van der Waals surface area contributed by atoms with Crippen LogP contribution in [-0.4, -0.2) is 41.9 Å². The highest BCUT2D eigenvalue weighted by molar-refractivity contribution is 6.31. The van der Waals surface area contributed by atoms with Crippen LogP contribution in [0, 0.1) is 12.7 Å². The van der Waals surface area contributed by atoms with Gasteiger partial charge in [-0.3, -0.25) is 0 Å². The van der Waals surface area contributed by atoms with E-state index in [2.05, 4.69) is 15.0 Å². The Bertz CT molecular complexity index is 1310. The third-order valence-corrected chi connectivity index (χ3v) is 4.50. The predicted octanol–water partition coefficient (Wildman–Crippen LogP) is 5.36. The number of aliphatic carboxylic acids is 1. The van der Waals surface area contributed by atoms with Gasteiger partial charge in [-0.25, -0.2) is 19.2 Å². The molecule has 0 bridgehead atoms. The number of phenols is 1. The number of nitrogens with zero attached hydrogens (tertiary/aromatic N) is 3. The lowest BCUT2D eigenvalue weighted by Gasteiger charge is -2.05. The normalized spacial score (nSPS) is 11.6. The van der Waals surface area contributed by atoms with Crippen molar-refractivity contribution >= 4 is 40.8 Å². The SMILES string of the molecule is Cc1cn(-c2ccc(/C=C/c3nc4cc(Cl)c(F)cc4[nH]3)cc2O)cn1.O=C(O)C(F)(F)F. The number of rotatable bonds is 3. The Labute approximate surface area is 188 Å². The van der Waals surface area contributed by atoms with E-state index in [0.717, 1.165) is 11.3 Å². The van der Waals surface area contributed by atoms with Crippen molar-refractivity contribution in [3.63, 3.8) is 0 Å². The van der Waals surface area contributed by atoms with E-state index in [-0.39, 0.29) is 10.8 Å². The van der Waals surface area contributed by atoms with Crippen molar-refractivity contribution in [1.82, 2.24) is 19.5 Å². The first kappa shape index (κ1) is 23.8. The van der Waals surface area contributed by atoms with Crippen LogP contribution in [0.25, 0.3) is 28.9 Å². The van der Waals surface area contributed by atoms with E-state index in [1.165, 1.54) is 12.1 Å². The third kappa shape index (κ3) is 5.89. The minimum absolute atomic E-state index is 0.0368. The van der Waals surface area contributed by atoms with Gasteiger partial charge in [0.15, 0.2) is 0 Å². The Hall–Kier alpha value is -3.86. The molecule has 0 aliphatic carbocycles. The molecule has 2 aromatic heterocycles. The summed E-state index contributed by atoms with van der Waals surface area (Å²) >= 11 is 5.77. The second-order valence-electron chi connectivity index (χ2n) is 6.71. The van der Waals surface area contributed by atoms with E-state index in [4.69, 9.17) is 21.5 Å². The number of hydrogen-bond donors (Lipinski definition) is 3. The molecule has 0 radical (unpaired) electrons. The second-order valence-corrected chi connectivity index (χ2v) is 7.12. The Morgan fingerprint density at radius 3 is 2.48 bits per heavy atom. The van der Waals surface area contributed by atoms with Crippen LogP contribution in [0.1, 0.15) is 17.1 Å². The third-order valence-electron chi connectivity index (χ3n) is 4.21. The molecule has 0 saturated heterocycles. The van der Waals surface area contributed by atoms with E-state index < -0.39 is 18.0 Å². The summed E-state index contributed by atoms with van der Waals surface area (Å²) < 4.78 is 47.0. The van der Waals surface area contributed by atoms with Crippen molar-refractivity contribution in [1.29, 1.82) is 0 Å². The molecule has 4 aromatic rings. The summed E-state index contributed by atoms with van der Waals surface area (Å²) in [6, 6.07) is 8.13. The molecule has 0 aliphatic rings. The van der Waals surface area contributed by atoms with Crippen molar-refractivity contribution in [2.75, 3.05) is 0 Å². The number of aromatic amines is 1. The van der Waals surface area contributed by atoms with Gasteiger partial charge in [-0.05, 0) is 36.8 Å². The quantitative estimate of drug-likeness (QED) is 0.341. The van der Waals surface area contributed by atoms with Crippen LogP contribution >= 0.6 is 11.6 Å². The summed E-state index contributed by atoms with van der Waals surface area (Å²) in [5, 5.41) is 17.4. The number of benzene rings is 2. The van der Waals surface area contributed by atoms with Crippen molar-refractivity contribution in [3.05, 3.63) is 70.8 Å². The molecule has 0 fully saturated rings. The zero-order valence-electron chi connectivity index (χ0n) is 16.7. The van der Waals surface area contributed by atoms with Gasteiger partial charge in [-0.1, -0.05) is 23.7 Å². The van der Waals surface area contributed by atoms with Crippen molar-refractivity contribution in [2.45, 2.75) is 13.1 Å². The van der Waals surface area contributed by atoms with Crippen molar-refractivity contribution in [2.24, 2.45) is 0 Å². The number of halogens is 5. The number of aryl methyl sites for hydroxylation is 1. The molecule has 0 spiro atoms. The largest absolute Gasteiger partial charge is 0.506 e. The Balaban J connectivity index is 0.000000383. The molecule has 0 saturated carbocycles. The first-order valence-electron chi connectivity index (χ1n) is 9.11. The van der Waals surface area contributed by atoms with Crippen LogP contribution in [-0.2, 0) is 4.79 Å². The molecule has 0 aliphatic heterocycles. The molecule has 0 atom stereocenters. The average Bonchev–Trinajstić information content (AvgIpc) is 3.32. The van der Waals surface area contributed by atoms with Crippen LogP contribution in [0.2, 0.25) is 5.02 Å². The first-order chi connectivity index (χ1) is 15.4.